The Hall–Kier alpha value is -1.08. The molecule has 2 aromatic rings. The second-order valence-electron chi connectivity index (χ2n) is 4.91. The third kappa shape index (κ3) is 3.73. The van der Waals surface area contributed by atoms with E-state index < -0.39 is 0 Å². The molecular formula is C15H17IN2OS. The first-order valence-electron chi connectivity index (χ1n) is 6.37. The Labute approximate surface area is 136 Å². The van der Waals surface area contributed by atoms with E-state index in [2.05, 4.69) is 22.6 Å². The molecule has 0 atom stereocenters. The molecule has 1 amide bonds. The quantitative estimate of drug-likeness (QED) is 0.623. The van der Waals surface area contributed by atoms with Crippen molar-refractivity contribution in [3.63, 3.8) is 0 Å². The lowest BCUT2D eigenvalue weighted by molar-refractivity contribution is 0.0691. The Balaban J connectivity index is 2.19. The molecule has 1 heterocycles. The zero-order valence-corrected chi connectivity index (χ0v) is 14.4. The van der Waals surface area contributed by atoms with Crippen LogP contribution in [-0.4, -0.2) is 16.8 Å². The van der Waals surface area contributed by atoms with Gasteiger partial charge in [-0.1, -0.05) is 12.1 Å². The number of benzene rings is 1. The lowest BCUT2D eigenvalue weighted by Crippen LogP contribution is -2.36. The number of nitrogens with zero attached hydrogens (tertiary/aromatic N) is 1. The van der Waals surface area contributed by atoms with E-state index in [0.29, 0.717) is 6.54 Å². The molecule has 0 aliphatic heterocycles. The number of amides is 1. The van der Waals surface area contributed by atoms with Crippen molar-refractivity contribution in [2.45, 2.75) is 26.4 Å². The van der Waals surface area contributed by atoms with Crippen molar-refractivity contribution in [3.8, 4) is 0 Å². The summed E-state index contributed by atoms with van der Waals surface area (Å²) in [5.41, 5.74) is 8.29. The maximum absolute atomic E-state index is 12.6. The number of halogens is 1. The van der Waals surface area contributed by atoms with Gasteiger partial charge in [-0.2, -0.15) is 0 Å². The minimum absolute atomic E-state index is 0.0796. The third-order valence-electron chi connectivity index (χ3n) is 3.03. The first-order chi connectivity index (χ1) is 9.47. The molecule has 0 radical (unpaired) electrons. The second kappa shape index (κ2) is 6.58. The van der Waals surface area contributed by atoms with Gasteiger partial charge < -0.3 is 10.6 Å². The highest BCUT2D eigenvalue weighted by Crippen LogP contribution is 2.20. The fraction of sp³-hybridized carbons (Fsp3) is 0.267. The number of thiophene rings is 1. The summed E-state index contributed by atoms with van der Waals surface area (Å²) in [7, 11) is 0. The Morgan fingerprint density at radius 1 is 1.35 bits per heavy atom. The van der Waals surface area contributed by atoms with E-state index in [1.54, 1.807) is 11.3 Å². The van der Waals surface area contributed by atoms with Crippen molar-refractivity contribution in [1.82, 2.24) is 4.90 Å². The molecule has 3 nitrogen and oxygen atoms in total. The summed E-state index contributed by atoms with van der Waals surface area (Å²) in [5, 5.41) is 1.92. The van der Waals surface area contributed by atoms with Crippen molar-refractivity contribution in [3.05, 3.63) is 49.7 Å². The lowest BCUT2D eigenvalue weighted by atomic mass is 10.1. The van der Waals surface area contributed by atoms with Gasteiger partial charge in [0.15, 0.2) is 0 Å². The van der Waals surface area contributed by atoms with E-state index in [-0.39, 0.29) is 11.9 Å². The third-order valence-corrected chi connectivity index (χ3v) is 4.82. The molecule has 2 rings (SSSR count). The smallest absolute Gasteiger partial charge is 0.255 e. The number of nitrogens with two attached hydrogens (primary N) is 1. The fourth-order valence-corrected chi connectivity index (χ4v) is 3.22. The first-order valence-corrected chi connectivity index (χ1v) is 8.32. The molecule has 0 aliphatic carbocycles. The zero-order valence-electron chi connectivity index (χ0n) is 11.5. The molecule has 0 spiro atoms. The van der Waals surface area contributed by atoms with Crippen LogP contribution in [0.3, 0.4) is 0 Å². The van der Waals surface area contributed by atoms with E-state index in [0.717, 1.165) is 19.7 Å². The van der Waals surface area contributed by atoms with Crippen LogP contribution in [0, 0.1) is 2.88 Å². The molecule has 2 N–H and O–H groups in total. The lowest BCUT2D eigenvalue weighted by Gasteiger charge is -2.26. The maximum atomic E-state index is 12.6. The predicted molar refractivity (Wildman–Crippen MR) is 92.9 cm³/mol. The average Bonchev–Trinajstić information content (AvgIpc) is 2.83. The average molecular weight is 400 g/mol. The van der Waals surface area contributed by atoms with E-state index in [1.807, 2.05) is 54.5 Å². The molecular weight excluding hydrogens is 383 g/mol. The van der Waals surface area contributed by atoms with Crippen molar-refractivity contribution in [2.75, 3.05) is 5.73 Å². The van der Waals surface area contributed by atoms with Crippen LogP contribution in [0.25, 0.3) is 0 Å². The van der Waals surface area contributed by atoms with E-state index >= 15 is 0 Å². The zero-order chi connectivity index (χ0) is 14.7. The van der Waals surface area contributed by atoms with Crippen molar-refractivity contribution in [2.24, 2.45) is 0 Å². The summed E-state index contributed by atoms with van der Waals surface area (Å²) >= 11 is 3.83. The summed E-state index contributed by atoms with van der Waals surface area (Å²) in [6, 6.07) is 9.76. The van der Waals surface area contributed by atoms with Gasteiger partial charge in [0.2, 0.25) is 0 Å². The molecule has 1 aromatic heterocycles. The Morgan fingerprint density at radius 3 is 2.50 bits per heavy atom. The number of carbonyl (C=O) groups is 1. The number of rotatable bonds is 4. The number of carbonyl (C=O) groups excluding carboxylic acids is 1. The highest BCUT2D eigenvalue weighted by Gasteiger charge is 2.20. The Morgan fingerprint density at radius 2 is 2.00 bits per heavy atom. The number of nitrogen functional groups attached to an aromatic ring is 1. The van der Waals surface area contributed by atoms with Crippen LogP contribution in [0.5, 0.6) is 0 Å². The Kier molecular flexibility index (Phi) is 5.04. The summed E-state index contributed by atoms with van der Waals surface area (Å²) in [5.74, 6) is 0.0796. The molecule has 0 aliphatic rings. The van der Waals surface area contributed by atoms with Gasteiger partial charge in [0.05, 0.1) is 8.45 Å². The summed E-state index contributed by atoms with van der Waals surface area (Å²) in [6.45, 7) is 4.67. The SMILES string of the molecule is CC(C)N(Cc1ccc(N)cc1)C(=O)c1csc(I)c1. The largest absolute Gasteiger partial charge is 0.399 e. The summed E-state index contributed by atoms with van der Waals surface area (Å²) < 4.78 is 1.13. The van der Waals surface area contributed by atoms with Gasteiger partial charge >= 0.3 is 0 Å². The van der Waals surface area contributed by atoms with Gasteiger partial charge in [0.25, 0.3) is 5.91 Å². The van der Waals surface area contributed by atoms with Crippen molar-refractivity contribution >= 4 is 45.5 Å². The first kappa shape index (κ1) is 15.3. The second-order valence-corrected chi connectivity index (χ2v) is 7.71. The molecule has 1 aromatic carbocycles. The molecule has 106 valence electrons. The monoisotopic (exact) mass is 400 g/mol. The van der Waals surface area contributed by atoms with E-state index in [9.17, 15) is 4.79 Å². The molecule has 20 heavy (non-hydrogen) atoms. The topological polar surface area (TPSA) is 46.3 Å². The van der Waals surface area contributed by atoms with Crippen LogP contribution in [0.15, 0.2) is 35.7 Å². The van der Waals surface area contributed by atoms with Gasteiger partial charge in [-0.3, -0.25) is 4.79 Å². The fourth-order valence-electron chi connectivity index (χ4n) is 1.90. The van der Waals surface area contributed by atoms with Crippen LogP contribution in [0.1, 0.15) is 29.8 Å². The van der Waals surface area contributed by atoms with Crippen LogP contribution in [0.4, 0.5) is 5.69 Å². The molecule has 0 fully saturated rings. The van der Waals surface area contributed by atoms with E-state index in [4.69, 9.17) is 5.73 Å². The molecule has 0 bridgehead atoms. The minimum Gasteiger partial charge on any atom is -0.399 e. The molecule has 5 heteroatoms. The van der Waals surface area contributed by atoms with Gasteiger partial charge in [-0.05, 0) is 60.2 Å². The van der Waals surface area contributed by atoms with Gasteiger partial charge in [-0.15, -0.1) is 11.3 Å². The van der Waals surface area contributed by atoms with Gasteiger partial charge in [-0.25, -0.2) is 0 Å². The highest BCUT2D eigenvalue weighted by atomic mass is 127. The standard InChI is InChI=1S/C15H17IN2OS/c1-10(2)18(8-11-3-5-13(17)6-4-11)15(19)12-7-14(16)20-9-12/h3-7,9-10H,8,17H2,1-2H3. The molecule has 0 saturated carbocycles. The van der Waals surface area contributed by atoms with E-state index in [1.165, 1.54) is 0 Å². The number of hydrogen-bond acceptors (Lipinski definition) is 3. The van der Waals surface area contributed by atoms with Crippen molar-refractivity contribution in [1.29, 1.82) is 0 Å². The molecule has 0 saturated heterocycles. The highest BCUT2D eigenvalue weighted by molar-refractivity contribution is 14.1. The van der Waals surface area contributed by atoms with Crippen LogP contribution < -0.4 is 5.73 Å². The van der Waals surface area contributed by atoms with Crippen molar-refractivity contribution < 1.29 is 4.79 Å². The number of anilines is 1. The molecule has 0 unspecified atom stereocenters. The Bertz CT molecular complexity index is 592. The van der Waals surface area contributed by atoms with Crippen LogP contribution in [-0.2, 0) is 6.54 Å². The summed E-state index contributed by atoms with van der Waals surface area (Å²) in [4.78, 5) is 14.5. The predicted octanol–water partition coefficient (Wildman–Crippen LogP) is 3.99. The van der Waals surface area contributed by atoms with Gasteiger partial charge in [0, 0.05) is 23.7 Å². The normalized spacial score (nSPS) is 10.8. The summed E-state index contributed by atoms with van der Waals surface area (Å²) in [6.07, 6.45) is 0. The minimum atomic E-state index is 0.0796. The van der Waals surface area contributed by atoms with Gasteiger partial charge in [0.1, 0.15) is 0 Å². The maximum Gasteiger partial charge on any atom is 0.255 e. The van der Waals surface area contributed by atoms with Crippen LogP contribution >= 0.6 is 33.9 Å². The number of hydrogen-bond donors (Lipinski definition) is 1. The van der Waals surface area contributed by atoms with Crippen LogP contribution in [0.2, 0.25) is 0 Å².